The van der Waals surface area contributed by atoms with Crippen molar-refractivity contribution in [2.45, 2.75) is 32.7 Å². The van der Waals surface area contributed by atoms with E-state index in [1.54, 1.807) is 10.9 Å². The van der Waals surface area contributed by atoms with Crippen LogP contribution in [0, 0.1) is 13.8 Å². The number of carbonyl (C=O) groups excluding carboxylic acids is 1. The number of amides is 1. The smallest absolute Gasteiger partial charge is 0.257 e. The van der Waals surface area contributed by atoms with E-state index in [9.17, 15) is 4.79 Å². The first kappa shape index (κ1) is 15.5. The molecule has 2 aromatic rings. The van der Waals surface area contributed by atoms with Gasteiger partial charge in [-0.25, -0.2) is 9.97 Å². The molecule has 23 heavy (non-hydrogen) atoms. The van der Waals surface area contributed by atoms with Crippen LogP contribution in [0.3, 0.4) is 0 Å². The van der Waals surface area contributed by atoms with Gasteiger partial charge >= 0.3 is 0 Å². The molecule has 2 aromatic heterocycles. The topological polar surface area (TPSA) is 75.9 Å². The number of aryl methyl sites for hydroxylation is 3. The molecule has 0 saturated carbocycles. The van der Waals surface area contributed by atoms with Gasteiger partial charge in [-0.05, 0) is 26.7 Å². The van der Waals surface area contributed by atoms with Crippen molar-refractivity contribution >= 4 is 11.7 Å². The van der Waals surface area contributed by atoms with Crippen molar-refractivity contribution in [3.8, 4) is 0 Å². The summed E-state index contributed by atoms with van der Waals surface area (Å²) in [7, 11) is 3.67. The summed E-state index contributed by atoms with van der Waals surface area (Å²) in [5, 5.41) is 7.33. The minimum absolute atomic E-state index is 0.00379. The summed E-state index contributed by atoms with van der Waals surface area (Å²) >= 11 is 0. The summed E-state index contributed by atoms with van der Waals surface area (Å²) in [6, 6.07) is 1.93. The first-order valence-electron chi connectivity index (χ1n) is 7.84. The second-order valence-corrected chi connectivity index (χ2v) is 5.93. The van der Waals surface area contributed by atoms with Crippen LogP contribution in [-0.2, 0) is 7.05 Å². The van der Waals surface area contributed by atoms with Crippen LogP contribution in [0.4, 0.5) is 5.82 Å². The van der Waals surface area contributed by atoms with Gasteiger partial charge in [-0.2, -0.15) is 5.10 Å². The average Bonchev–Trinajstić information content (AvgIpc) is 3.12. The lowest BCUT2D eigenvalue weighted by atomic mass is 10.1. The highest BCUT2D eigenvalue weighted by Gasteiger charge is 2.33. The zero-order chi connectivity index (χ0) is 16.6. The maximum absolute atomic E-state index is 12.9. The predicted molar refractivity (Wildman–Crippen MR) is 87.3 cm³/mol. The van der Waals surface area contributed by atoms with E-state index in [0.29, 0.717) is 11.4 Å². The predicted octanol–water partition coefficient (Wildman–Crippen LogP) is 1.85. The Morgan fingerprint density at radius 2 is 2.13 bits per heavy atom. The van der Waals surface area contributed by atoms with Crippen molar-refractivity contribution in [1.29, 1.82) is 0 Å². The van der Waals surface area contributed by atoms with E-state index in [1.807, 2.05) is 38.9 Å². The molecule has 1 aliphatic rings. The Labute approximate surface area is 135 Å². The van der Waals surface area contributed by atoms with Crippen molar-refractivity contribution < 1.29 is 4.79 Å². The molecule has 1 aliphatic heterocycles. The van der Waals surface area contributed by atoms with E-state index in [-0.39, 0.29) is 11.9 Å². The van der Waals surface area contributed by atoms with E-state index in [4.69, 9.17) is 0 Å². The fourth-order valence-corrected chi connectivity index (χ4v) is 3.17. The lowest BCUT2D eigenvalue weighted by Gasteiger charge is -2.24. The monoisotopic (exact) mass is 314 g/mol. The van der Waals surface area contributed by atoms with Gasteiger partial charge in [0, 0.05) is 32.9 Å². The Balaban J connectivity index is 1.92. The number of carbonyl (C=O) groups is 1. The number of rotatable bonds is 3. The van der Waals surface area contributed by atoms with Crippen LogP contribution in [0.15, 0.2) is 12.3 Å². The van der Waals surface area contributed by atoms with Crippen LogP contribution in [0.5, 0.6) is 0 Å². The minimum Gasteiger partial charge on any atom is -0.373 e. The summed E-state index contributed by atoms with van der Waals surface area (Å²) in [4.78, 5) is 23.7. The summed E-state index contributed by atoms with van der Waals surface area (Å²) in [6.07, 6.45) is 3.69. The quantitative estimate of drug-likeness (QED) is 0.935. The number of likely N-dealkylation sites (tertiary alicyclic amines) is 1. The maximum Gasteiger partial charge on any atom is 0.257 e. The van der Waals surface area contributed by atoms with Crippen LogP contribution in [0.2, 0.25) is 0 Å². The number of anilines is 1. The molecule has 3 heterocycles. The molecule has 122 valence electrons. The van der Waals surface area contributed by atoms with Gasteiger partial charge in [0.25, 0.3) is 5.91 Å². The molecule has 0 radical (unpaired) electrons. The highest BCUT2D eigenvalue weighted by molar-refractivity contribution is 5.95. The fourth-order valence-electron chi connectivity index (χ4n) is 3.17. The first-order valence-corrected chi connectivity index (χ1v) is 7.84. The van der Waals surface area contributed by atoms with Crippen LogP contribution >= 0.6 is 0 Å². The van der Waals surface area contributed by atoms with Crippen molar-refractivity contribution in [1.82, 2.24) is 24.6 Å². The Bertz CT molecular complexity index is 738. The summed E-state index contributed by atoms with van der Waals surface area (Å²) in [5.74, 6) is 1.52. The van der Waals surface area contributed by atoms with Crippen LogP contribution in [0.1, 0.15) is 46.5 Å². The lowest BCUT2D eigenvalue weighted by molar-refractivity contribution is 0.0732. The van der Waals surface area contributed by atoms with Crippen LogP contribution < -0.4 is 5.32 Å². The van der Waals surface area contributed by atoms with E-state index in [2.05, 4.69) is 20.4 Å². The van der Waals surface area contributed by atoms with Gasteiger partial charge in [0.15, 0.2) is 0 Å². The normalized spacial score (nSPS) is 17.6. The summed E-state index contributed by atoms with van der Waals surface area (Å²) < 4.78 is 1.68. The molecular formula is C16H22N6O. The molecule has 1 saturated heterocycles. The van der Waals surface area contributed by atoms with Gasteiger partial charge in [-0.15, -0.1) is 0 Å². The van der Waals surface area contributed by atoms with Gasteiger partial charge in [-0.1, -0.05) is 0 Å². The molecule has 1 fully saturated rings. The number of nitrogens with zero attached hydrogens (tertiary/aromatic N) is 5. The first-order chi connectivity index (χ1) is 11.0. The Morgan fingerprint density at radius 3 is 2.78 bits per heavy atom. The molecule has 0 aliphatic carbocycles. The molecule has 3 rings (SSSR count). The van der Waals surface area contributed by atoms with Crippen LogP contribution in [0.25, 0.3) is 0 Å². The molecule has 1 unspecified atom stereocenters. The van der Waals surface area contributed by atoms with E-state index < -0.39 is 0 Å². The third kappa shape index (κ3) is 2.91. The van der Waals surface area contributed by atoms with Crippen molar-refractivity contribution in [3.05, 3.63) is 35.0 Å². The standard InChI is InChI=1S/C16H22N6O/c1-10-12(9-21(4)20-10)16(23)22-7-5-6-14(22)13-8-15(17-3)19-11(2)18-13/h8-9,14H,5-7H2,1-4H3,(H,17,18,19). The van der Waals surface area contributed by atoms with Gasteiger partial charge < -0.3 is 10.2 Å². The zero-order valence-electron chi connectivity index (χ0n) is 14.0. The second-order valence-electron chi connectivity index (χ2n) is 5.93. The largest absolute Gasteiger partial charge is 0.373 e. The molecule has 7 heteroatoms. The fraction of sp³-hybridized carbons (Fsp3) is 0.500. The molecule has 0 bridgehead atoms. The van der Waals surface area contributed by atoms with Crippen molar-refractivity contribution in [2.24, 2.45) is 7.05 Å². The van der Waals surface area contributed by atoms with E-state index in [1.165, 1.54) is 0 Å². The second kappa shape index (κ2) is 5.98. The van der Waals surface area contributed by atoms with Gasteiger partial charge in [-0.3, -0.25) is 9.48 Å². The Hall–Kier alpha value is -2.44. The van der Waals surface area contributed by atoms with Crippen molar-refractivity contribution in [2.75, 3.05) is 18.9 Å². The molecule has 1 N–H and O–H groups in total. The average molecular weight is 314 g/mol. The third-order valence-corrected chi connectivity index (χ3v) is 4.21. The number of nitrogens with one attached hydrogen (secondary N) is 1. The number of aromatic nitrogens is 4. The Morgan fingerprint density at radius 1 is 1.35 bits per heavy atom. The summed E-state index contributed by atoms with van der Waals surface area (Å²) in [5.41, 5.74) is 2.33. The maximum atomic E-state index is 12.9. The highest BCUT2D eigenvalue weighted by atomic mass is 16.2. The van der Waals surface area contributed by atoms with E-state index >= 15 is 0 Å². The summed E-state index contributed by atoms with van der Waals surface area (Å²) in [6.45, 7) is 4.48. The number of hydrogen-bond donors (Lipinski definition) is 1. The van der Waals surface area contributed by atoms with E-state index in [0.717, 1.165) is 36.6 Å². The van der Waals surface area contributed by atoms with Gasteiger partial charge in [0.2, 0.25) is 0 Å². The highest BCUT2D eigenvalue weighted by Crippen LogP contribution is 2.33. The SMILES string of the molecule is CNc1cc(C2CCCN2C(=O)c2cn(C)nc2C)nc(C)n1. The molecule has 0 spiro atoms. The molecular weight excluding hydrogens is 292 g/mol. The van der Waals surface area contributed by atoms with Crippen LogP contribution in [-0.4, -0.2) is 44.1 Å². The minimum atomic E-state index is -0.00379. The third-order valence-electron chi connectivity index (χ3n) is 4.21. The lowest BCUT2D eigenvalue weighted by Crippen LogP contribution is -2.31. The molecule has 1 atom stereocenters. The molecule has 0 aromatic carbocycles. The zero-order valence-corrected chi connectivity index (χ0v) is 14.0. The molecule has 7 nitrogen and oxygen atoms in total. The molecule has 1 amide bonds. The van der Waals surface area contributed by atoms with Crippen molar-refractivity contribution in [3.63, 3.8) is 0 Å². The number of hydrogen-bond acceptors (Lipinski definition) is 5. The van der Waals surface area contributed by atoms with Gasteiger partial charge in [0.05, 0.1) is 23.0 Å². The van der Waals surface area contributed by atoms with Gasteiger partial charge in [0.1, 0.15) is 11.6 Å². The Kier molecular flexibility index (Phi) is 4.02.